The first-order valence-corrected chi connectivity index (χ1v) is 28.3. The summed E-state index contributed by atoms with van der Waals surface area (Å²) >= 11 is 0. The Labute approximate surface area is 436 Å². The Kier molecular flexibility index (Phi) is 54.0. The smallest absolute Gasteiger partial charge is 0.306 e. The molecule has 6 nitrogen and oxygen atoms in total. The van der Waals surface area contributed by atoms with Crippen molar-refractivity contribution in [2.75, 3.05) is 13.2 Å². The fourth-order valence-electron chi connectivity index (χ4n) is 7.06. The Morgan fingerprint density at radius 3 is 0.944 bits per heavy atom. The standard InChI is InChI=1S/C65H102O6/c1-4-7-10-13-16-19-22-25-28-31-32-35-37-40-43-46-49-52-55-58-64(67)70-61-62(71-65(68)59-56-53-50-47-44-41-38-34-30-27-24-21-18-15-12-9-6-3)60-69-63(66)57-54-51-48-45-42-39-36-33-29-26-23-20-17-14-11-8-5-2/h8,11,16-17,19-20,25-30,32,35-36,38-41,43,45,47-48,50,62H,4-7,9-10,12-15,18,21-24,31,33-34,37,42,44,46,49,51-61H2,1-3H3/b11-8-,19-16-,20-17-,28-25-,29-26-,30-27-,35-32-,39-36-,41-38-,43-40-,48-45-,50-47-/t62-/m1/s1. The second-order valence-corrected chi connectivity index (χ2v) is 18.1. The van der Waals surface area contributed by atoms with Gasteiger partial charge in [0.05, 0.1) is 0 Å². The van der Waals surface area contributed by atoms with Gasteiger partial charge in [0, 0.05) is 19.3 Å². The van der Waals surface area contributed by atoms with Crippen molar-refractivity contribution in [3.63, 3.8) is 0 Å². The molecule has 0 heterocycles. The minimum Gasteiger partial charge on any atom is -0.462 e. The monoisotopic (exact) mass is 979 g/mol. The predicted molar refractivity (Wildman–Crippen MR) is 306 cm³/mol. The minimum atomic E-state index is -0.848. The maximum atomic E-state index is 12.8. The summed E-state index contributed by atoms with van der Waals surface area (Å²) in [4.78, 5) is 38.1. The van der Waals surface area contributed by atoms with Crippen LogP contribution in [0.4, 0.5) is 0 Å². The highest BCUT2D eigenvalue weighted by atomic mass is 16.6. The average Bonchev–Trinajstić information content (AvgIpc) is 3.37. The van der Waals surface area contributed by atoms with Gasteiger partial charge in [0.25, 0.3) is 0 Å². The van der Waals surface area contributed by atoms with Crippen molar-refractivity contribution < 1.29 is 28.6 Å². The molecule has 0 bridgehead atoms. The molecule has 0 aromatic heterocycles. The Balaban J connectivity index is 4.64. The second kappa shape index (κ2) is 57.9. The SMILES string of the molecule is CC/C=C\C/C=C\C/C=C\C/C=C\C/C=C\CCCC(=O)OC[C@H](COC(=O)CCCCC/C=C\C/C=C\C/C=C\C/C=C\CCCCC)OC(=O)CCC/C=C\C/C=C\C/C=C\CCCCCCCC. The van der Waals surface area contributed by atoms with E-state index < -0.39 is 12.1 Å². The first-order valence-electron chi connectivity index (χ1n) is 28.3. The van der Waals surface area contributed by atoms with Crippen LogP contribution in [0.3, 0.4) is 0 Å². The molecule has 6 heteroatoms. The number of allylic oxidation sites excluding steroid dienone is 24. The number of hydrogen-bond donors (Lipinski definition) is 0. The van der Waals surface area contributed by atoms with E-state index in [1.807, 2.05) is 0 Å². The summed E-state index contributed by atoms with van der Waals surface area (Å²) in [5.74, 6) is -1.09. The Bertz CT molecular complexity index is 1590. The summed E-state index contributed by atoms with van der Waals surface area (Å²) in [5, 5.41) is 0. The van der Waals surface area contributed by atoms with Crippen LogP contribution in [-0.2, 0) is 28.6 Å². The molecular weight excluding hydrogens is 877 g/mol. The summed E-state index contributed by atoms with van der Waals surface area (Å²) in [7, 11) is 0. The van der Waals surface area contributed by atoms with Crippen LogP contribution in [0.25, 0.3) is 0 Å². The van der Waals surface area contributed by atoms with E-state index >= 15 is 0 Å². The van der Waals surface area contributed by atoms with Crippen LogP contribution in [0, 0.1) is 0 Å². The zero-order chi connectivity index (χ0) is 51.4. The van der Waals surface area contributed by atoms with Gasteiger partial charge in [0.2, 0.25) is 0 Å². The number of unbranched alkanes of at least 4 members (excludes halogenated alkanes) is 14. The van der Waals surface area contributed by atoms with Gasteiger partial charge >= 0.3 is 17.9 Å². The Morgan fingerprint density at radius 1 is 0.296 bits per heavy atom. The van der Waals surface area contributed by atoms with E-state index in [9.17, 15) is 14.4 Å². The lowest BCUT2D eigenvalue weighted by Gasteiger charge is -2.18. The highest BCUT2D eigenvalue weighted by Crippen LogP contribution is 2.11. The highest BCUT2D eigenvalue weighted by Gasteiger charge is 2.19. The quantitative estimate of drug-likeness (QED) is 0.0262. The normalized spacial score (nSPS) is 13.2. The topological polar surface area (TPSA) is 78.9 Å². The van der Waals surface area contributed by atoms with Crippen molar-refractivity contribution in [3.05, 3.63) is 146 Å². The number of esters is 3. The maximum Gasteiger partial charge on any atom is 0.306 e. The predicted octanol–water partition coefficient (Wildman–Crippen LogP) is 19.2. The molecule has 0 radical (unpaired) electrons. The van der Waals surface area contributed by atoms with Crippen molar-refractivity contribution in [3.8, 4) is 0 Å². The number of ether oxygens (including phenoxy) is 3. The van der Waals surface area contributed by atoms with Gasteiger partial charge in [-0.3, -0.25) is 14.4 Å². The van der Waals surface area contributed by atoms with Crippen LogP contribution in [0.5, 0.6) is 0 Å². The van der Waals surface area contributed by atoms with Crippen molar-refractivity contribution in [2.45, 2.75) is 232 Å². The molecule has 0 amide bonds. The van der Waals surface area contributed by atoms with Crippen molar-refractivity contribution in [2.24, 2.45) is 0 Å². The largest absolute Gasteiger partial charge is 0.462 e. The molecule has 0 saturated carbocycles. The molecule has 0 rings (SSSR count). The van der Waals surface area contributed by atoms with Gasteiger partial charge in [-0.05, 0) is 135 Å². The molecule has 71 heavy (non-hydrogen) atoms. The fourth-order valence-corrected chi connectivity index (χ4v) is 7.06. The average molecular weight is 980 g/mol. The maximum absolute atomic E-state index is 12.8. The molecule has 0 saturated heterocycles. The molecule has 0 aliphatic carbocycles. The highest BCUT2D eigenvalue weighted by molar-refractivity contribution is 5.71. The summed E-state index contributed by atoms with van der Waals surface area (Å²) in [6.45, 7) is 6.35. The molecule has 0 spiro atoms. The van der Waals surface area contributed by atoms with Crippen LogP contribution in [0.15, 0.2) is 146 Å². The van der Waals surface area contributed by atoms with E-state index in [0.717, 1.165) is 103 Å². The third kappa shape index (κ3) is 56.1. The number of carbonyl (C=O) groups is 3. The molecule has 0 aromatic rings. The summed E-state index contributed by atoms with van der Waals surface area (Å²) in [6.07, 6.45) is 82.7. The molecule has 0 unspecified atom stereocenters. The van der Waals surface area contributed by atoms with Gasteiger partial charge in [0.1, 0.15) is 13.2 Å². The van der Waals surface area contributed by atoms with Crippen LogP contribution in [-0.4, -0.2) is 37.2 Å². The number of hydrogen-bond acceptors (Lipinski definition) is 6. The Morgan fingerprint density at radius 2 is 0.563 bits per heavy atom. The van der Waals surface area contributed by atoms with Gasteiger partial charge in [-0.2, -0.15) is 0 Å². The molecule has 0 N–H and O–H groups in total. The molecule has 0 fully saturated rings. The third-order valence-corrected chi connectivity index (χ3v) is 11.3. The van der Waals surface area contributed by atoms with Gasteiger partial charge < -0.3 is 14.2 Å². The van der Waals surface area contributed by atoms with Gasteiger partial charge in [-0.1, -0.05) is 218 Å². The van der Waals surface area contributed by atoms with E-state index in [1.54, 1.807) is 0 Å². The van der Waals surface area contributed by atoms with Gasteiger partial charge in [-0.25, -0.2) is 0 Å². The van der Waals surface area contributed by atoms with Gasteiger partial charge in [-0.15, -0.1) is 0 Å². The number of carbonyl (C=O) groups excluding carboxylic acids is 3. The van der Waals surface area contributed by atoms with Crippen LogP contribution in [0.2, 0.25) is 0 Å². The zero-order valence-electron chi connectivity index (χ0n) is 45.4. The Hall–Kier alpha value is -4.71. The molecule has 0 aliphatic heterocycles. The lowest BCUT2D eigenvalue weighted by molar-refractivity contribution is -0.167. The lowest BCUT2D eigenvalue weighted by atomic mass is 10.1. The molecule has 1 atom stereocenters. The molecular formula is C65H102O6. The summed E-state index contributed by atoms with van der Waals surface area (Å²) in [5.41, 5.74) is 0. The first kappa shape index (κ1) is 66.3. The van der Waals surface area contributed by atoms with Crippen LogP contribution >= 0.6 is 0 Å². The lowest BCUT2D eigenvalue weighted by Crippen LogP contribution is -2.30. The van der Waals surface area contributed by atoms with E-state index in [0.29, 0.717) is 19.3 Å². The second-order valence-electron chi connectivity index (χ2n) is 18.1. The van der Waals surface area contributed by atoms with Crippen LogP contribution < -0.4 is 0 Å². The van der Waals surface area contributed by atoms with Gasteiger partial charge in [0.15, 0.2) is 6.10 Å². The first-order chi connectivity index (χ1) is 35.0. The minimum absolute atomic E-state index is 0.138. The number of rotatable bonds is 49. The zero-order valence-corrected chi connectivity index (χ0v) is 45.4. The fraction of sp³-hybridized carbons (Fsp3) is 0.585. The van der Waals surface area contributed by atoms with Crippen LogP contribution in [0.1, 0.15) is 226 Å². The van der Waals surface area contributed by atoms with E-state index in [2.05, 4.69) is 167 Å². The van der Waals surface area contributed by atoms with Crippen molar-refractivity contribution in [1.82, 2.24) is 0 Å². The van der Waals surface area contributed by atoms with Crippen molar-refractivity contribution in [1.29, 1.82) is 0 Å². The third-order valence-electron chi connectivity index (χ3n) is 11.3. The van der Waals surface area contributed by atoms with Crippen molar-refractivity contribution >= 4 is 17.9 Å². The molecule has 0 aliphatic rings. The molecule has 0 aromatic carbocycles. The summed E-state index contributed by atoms with van der Waals surface area (Å²) < 4.78 is 16.7. The summed E-state index contributed by atoms with van der Waals surface area (Å²) in [6, 6.07) is 0. The van der Waals surface area contributed by atoms with E-state index in [4.69, 9.17) is 14.2 Å². The molecule has 398 valence electrons. The van der Waals surface area contributed by atoms with E-state index in [-0.39, 0.29) is 38.0 Å². The van der Waals surface area contributed by atoms with E-state index in [1.165, 1.54) is 70.6 Å².